The number of hydrogen-bond donors (Lipinski definition) is 1. The highest BCUT2D eigenvalue weighted by Crippen LogP contribution is 2.24. The Morgan fingerprint density at radius 2 is 1.91 bits per heavy atom. The number of piperidine rings is 1. The molecule has 3 nitrogen and oxygen atoms in total. The van der Waals surface area contributed by atoms with Crippen molar-refractivity contribution in [3.05, 3.63) is 29.3 Å². The molecule has 0 radical (unpaired) electrons. The van der Waals surface area contributed by atoms with Crippen LogP contribution in [0.15, 0.2) is 18.2 Å². The first-order chi connectivity index (χ1) is 10.2. The highest BCUT2D eigenvalue weighted by atomic mass is 35.5. The molecule has 1 atom stereocenters. The summed E-state index contributed by atoms with van der Waals surface area (Å²) in [4.78, 5) is 2.55. The van der Waals surface area contributed by atoms with Gasteiger partial charge in [-0.3, -0.25) is 4.90 Å². The van der Waals surface area contributed by atoms with Gasteiger partial charge in [0.15, 0.2) is 0 Å². The fourth-order valence-electron chi connectivity index (χ4n) is 2.99. The summed E-state index contributed by atoms with van der Waals surface area (Å²) in [6, 6.07) is 6.85. The van der Waals surface area contributed by atoms with Crippen LogP contribution < -0.4 is 10.5 Å². The van der Waals surface area contributed by atoms with Crippen LogP contribution in [0.1, 0.15) is 50.7 Å². The van der Waals surface area contributed by atoms with E-state index < -0.39 is 0 Å². The highest BCUT2D eigenvalue weighted by molar-refractivity contribution is 5.85. The topological polar surface area (TPSA) is 38.5 Å². The van der Waals surface area contributed by atoms with Gasteiger partial charge in [0, 0.05) is 18.2 Å². The van der Waals surface area contributed by atoms with Crippen LogP contribution >= 0.6 is 12.4 Å². The smallest absolute Gasteiger partial charge is 0.123 e. The predicted octanol–water partition coefficient (Wildman–Crippen LogP) is 3.77. The normalized spacial score (nSPS) is 16.9. The maximum absolute atomic E-state index is 6.09. The maximum atomic E-state index is 6.09. The lowest BCUT2D eigenvalue weighted by atomic mass is 10.0. The minimum Gasteiger partial charge on any atom is -0.494 e. The van der Waals surface area contributed by atoms with E-state index in [1.807, 2.05) is 6.92 Å². The molecule has 1 heterocycles. The number of nitrogens with two attached hydrogens (primary N) is 1. The van der Waals surface area contributed by atoms with Gasteiger partial charge in [-0.05, 0) is 57.3 Å². The van der Waals surface area contributed by atoms with Crippen LogP contribution in [0.4, 0.5) is 0 Å². The first-order valence-electron chi connectivity index (χ1n) is 8.45. The van der Waals surface area contributed by atoms with Crippen LogP contribution in [0, 0.1) is 0 Å². The van der Waals surface area contributed by atoms with E-state index in [1.165, 1.54) is 43.5 Å². The van der Waals surface area contributed by atoms with Crippen LogP contribution in [0.25, 0.3) is 0 Å². The third-order valence-electron chi connectivity index (χ3n) is 4.29. The maximum Gasteiger partial charge on any atom is 0.123 e. The molecule has 4 heteroatoms. The minimum atomic E-state index is 0. The predicted molar refractivity (Wildman–Crippen MR) is 96.0 cm³/mol. The van der Waals surface area contributed by atoms with Crippen molar-refractivity contribution in [1.82, 2.24) is 4.90 Å². The van der Waals surface area contributed by atoms with E-state index in [0.717, 1.165) is 31.7 Å². The molecule has 1 aliphatic rings. The fraction of sp³-hybridized carbons (Fsp3) is 0.667. The van der Waals surface area contributed by atoms with E-state index in [2.05, 4.69) is 30.0 Å². The molecular formula is C18H31ClN2O. The highest BCUT2D eigenvalue weighted by Gasteiger charge is 2.14. The van der Waals surface area contributed by atoms with Gasteiger partial charge in [-0.1, -0.05) is 25.5 Å². The zero-order valence-electron chi connectivity index (χ0n) is 14.0. The molecule has 1 aromatic carbocycles. The third kappa shape index (κ3) is 5.79. The second-order valence-electron chi connectivity index (χ2n) is 6.08. The SMILES string of the molecule is CCOc1ccc(CC(N)CC)cc1CN1CCCCC1.Cl. The lowest BCUT2D eigenvalue weighted by Crippen LogP contribution is -2.29. The Morgan fingerprint density at radius 1 is 1.18 bits per heavy atom. The monoisotopic (exact) mass is 326 g/mol. The lowest BCUT2D eigenvalue weighted by Gasteiger charge is -2.27. The molecule has 0 bridgehead atoms. The largest absolute Gasteiger partial charge is 0.494 e. The summed E-state index contributed by atoms with van der Waals surface area (Å²) in [6.45, 7) is 8.35. The van der Waals surface area contributed by atoms with Crippen molar-refractivity contribution in [3.63, 3.8) is 0 Å². The average Bonchev–Trinajstić information content (AvgIpc) is 2.51. The van der Waals surface area contributed by atoms with Crippen LogP contribution in [0.3, 0.4) is 0 Å². The number of nitrogens with zero attached hydrogens (tertiary/aromatic N) is 1. The van der Waals surface area contributed by atoms with Gasteiger partial charge in [0.1, 0.15) is 5.75 Å². The second kappa shape index (κ2) is 10.1. The molecule has 1 unspecified atom stereocenters. The summed E-state index contributed by atoms with van der Waals surface area (Å²) in [5.41, 5.74) is 8.75. The van der Waals surface area contributed by atoms with Crippen LogP contribution in [0.5, 0.6) is 5.75 Å². The Bertz CT molecular complexity index is 433. The molecule has 126 valence electrons. The van der Waals surface area contributed by atoms with Crippen molar-refractivity contribution in [3.8, 4) is 5.75 Å². The Balaban J connectivity index is 0.00000242. The van der Waals surface area contributed by atoms with E-state index in [4.69, 9.17) is 10.5 Å². The molecule has 1 saturated heterocycles. The Hall–Kier alpha value is -0.770. The summed E-state index contributed by atoms with van der Waals surface area (Å²) in [5.74, 6) is 1.04. The second-order valence-corrected chi connectivity index (χ2v) is 6.08. The van der Waals surface area contributed by atoms with Gasteiger partial charge in [-0.15, -0.1) is 12.4 Å². The Kier molecular flexibility index (Phi) is 8.84. The van der Waals surface area contributed by atoms with Crippen molar-refractivity contribution >= 4 is 12.4 Å². The molecule has 22 heavy (non-hydrogen) atoms. The molecule has 0 spiro atoms. The molecule has 2 N–H and O–H groups in total. The lowest BCUT2D eigenvalue weighted by molar-refractivity contribution is 0.216. The number of ether oxygens (including phenoxy) is 1. The zero-order chi connectivity index (χ0) is 15.1. The van der Waals surface area contributed by atoms with Crippen molar-refractivity contribution in [2.75, 3.05) is 19.7 Å². The Labute approximate surface area is 141 Å². The molecule has 0 aliphatic carbocycles. The quantitative estimate of drug-likeness (QED) is 0.829. The summed E-state index contributed by atoms with van der Waals surface area (Å²) in [7, 11) is 0. The van der Waals surface area contributed by atoms with E-state index >= 15 is 0 Å². The average molecular weight is 327 g/mol. The zero-order valence-corrected chi connectivity index (χ0v) is 14.8. The first kappa shape index (κ1) is 19.3. The number of rotatable bonds is 7. The third-order valence-corrected chi connectivity index (χ3v) is 4.29. The van der Waals surface area contributed by atoms with Gasteiger partial charge < -0.3 is 10.5 Å². The Morgan fingerprint density at radius 3 is 2.55 bits per heavy atom. The molecule has 1 aromatic rings. The van der Waals surface area contributed by atoms with Gasteiger partial charge in [0.25, 0.3) is 0 Å². The van der Waals surface area contributed by atoms with E-state index in [0.29, 0.717) is 0 Å². The van der Waals surface area contributed by atoms with Gasteiger partial charge in [-0.2, -0.15) is 0 Å². The molecule has 2 rings (SSSR count). The van der Waals surface area contributed by atoms with Crippen molar-refractivity contribution in [1.29, 1.82) is 0 Å². The molecule has 1 fully saturated rings. The van der Waals surface area contributed by atoms with Crippen molar-refractivity contribution < 1.29 is 4.74 Å². The van der Waals surface area contributed by atoms with E-state index in [1.54, 1.807) is 0 Å². The van der Waals surface area contributed by atoms with Crippen LogP contribution in [0.2, 0.25) is 0 Å². The number of hydrogen-bond acceptors (Lipinski definition) is 3. The molecular weight excluding hydrogens is 296 g/mol. The molecule has 1 aliphatic heterocycles. The van der Waals surface area contributed by atoms with Crippen LogP contribution in [-0.4, -0.2) is 30.6 Å². The first-order valence-corrected chi connectivity index (χ1v) is 8.45. The van der Waals surface area contributed by atoms with Gasteiger partial charge in [-0.25, -0.2) is 0 Å². The molecule has 0 amide bonds. The van der Waals surface area contributed by atoms with Crippen molar-refractivity contribution in [2.24, 2.45) is 5.73 Å². The number of halogens is 1. The van der Waals surface area contributed by atoms with E-state index in [9.17, 15) is 0 Å². The van der Waals surface area contributed by atoms with Gasteiger partial charge >= 0.3 is 0 Å². The molecule has 0 saturated carbocycles. The molecule has 0 aromatic heterocycles. The standard InChI is InChI=1S/C18H30N2O.ClH/c1-3-17(19)13-15-8-9-18(21-4-2)16(12-15)14-20-10-6-5-7-11-20;/h8-9,12,17H,3-7,10-11,13-14,19H2,1-2H3;1H. The van der Waals surface area contributed by atoms with E-state index in [-0.39, 0.29) is 18.4 Å². The number of benzene rings is 1. The fourth-order valence-corrected chi connectivity index (χ4v) is 2.99. The summed E-state index contributed by atoms with van der Waals surface area (Å²) < 4.78 is 5.81. The summed E-state index contributed by atoms with van der Waals surface area (Å²) in [6.07, 6.45) is 6.00. The van der Waals surface area contributed by atoms with Gasteiger partial charge in [0.2, 0.25) is 0 Å². The minimum absolute atomic E-state index is 0. The van der Waals surface area contributed by atoms with Crippen LogP contribution in [-0.2, 0) is 13.0 Å². The number of likely N-dealkylation sites (tertiary alicyclic amines) is 1. The summed E-state index contributed by atoms with van der Waals surface area (Å²) >= 11 is 0. The van der Waals surface area contributed by atoms with Crippen molar-refractivity contribution in [2.45, 2.75) is 58.5 Å². The van der Waals surface area contributed by atoms with Gasteiger partial charge in [0.05, 0.1) is 6.61 Å². The summed E-state index contributed by atoms with van der Waals surface area (Å²) in [5, 5.41) is 0.